The highest BCUT2D eigenvalue weighted by Gasteiger charge is 2.55. The molecule has 2 aromatic carbocycles. The number of halogens is 2. The molecule has 0 bridgehead atoms. The molecule has 0 fully saturated rings. The summed E-state index contributed by atoms with van der Waals surface area (Å²) in [4.78, 5) is 28.6. The molecular weight excluding hydrogens is 609 g/mol. The van der Waals surface area contributed by atoms with Crippen molar-refractivity contribution in [2.75, 3.05) is 32.6 Å². The van der Waals surface area contributed by atoms with E-state index in [4.69, 9.17) is 4.74 Å². The first-order chi connectivity index (χ1) is 23.1. The molecule has 0 saturated heterocycles. The summed E-state index contributed by atoms with van der Waals surface area (Å²) < 4.78 is 43.1. The van der Waals surface area contributed by atoms with Crippen molar-refractivity contribution in [1.29, 1.82) is 0 Å². The summed E-state index contributed by atoms with van der Waals surface area (Å²) in [5.41, 5.74) is 3.91. The van der Waals surface area contributed by atoms with Gasteiger partial charge in [0.15, 0.2) is 11.5 Å². The lowest BCUT2D eigenvalue weighted by Crippen LogP contribution is -2.50. The smallest absolute Gasteiger partial charge is 0.487 e. The van der Waals surface area contributed by atoms with Crippen LogP contribution in [-0.4, -0.2) is 66.1 Å². The van der Waals surface area contributed by atoms with Crippen LogP contribution in [0.1, 0.15) is 97.2 Å². The molecule has 1 atom stereocenters. The Morgan fingerprint density at radius 1 is 0.833 bits per heavy atom. The number of unbranched alkanes of at least 4 members (excludes halogenated alkanes) is 4. The van der Waals surface area contributed by atoms with Crippen LogP contribution >= 0.6 is 0 Å². The van der Waals surface area contributed by atoms with Crippen molar-refractivity contribution in [2.45, 2.75) is 65.2 Å². The summed E-state index contributed by atoms with van der Waals surface area (Å²) in [5, 5.41) is 0. The number of anilines is 1. The van der Waals surface area contributed by atoms with E-state index in [1.807, 2.05) is 43.3 Å². The SMILES string of the molecule is CCCCCCC(CCCC)COC1=CC(c2ccc3c(c2)C(=O)N(C)C3=O)=[N+]2C1=Cc1ccc(-c3ccc(N(C)C)cc3)n1[B-]2(F)F. The van der Waals surface area contributed by atoms with Crippen LogP contribution in [0, 0.1) is 5.92 Å². The minimum atomic E-state index is -4.40. The molecule has 7 nitrogen and oxygen atoms in total. The second kappa shape index (κ2) is 13.6. The number of allylic oxidation sites excluding steroid dienone is 1. The highest BCUT2D eigenvalue weighted by Crippen LogP contribution is 2.40. The Morgan fingerprint density at radius 2 is 1.52 bits per heavy atom. The molecule has 6 rings (SSSR count). The van der Waals surface area contributed by atoms with Gasteiger partial charge in [0.25, 0.3) is 11.8 Å². The molecule has 48 heavy (non-hydrogen) atoms. The maximum absolute atomic E-state index is 17.2. The topological polar surface area (TPSA) is 57.8 Å². The largest absolute Gasteiger partial charge is 0.738 e. The number of imide groups is 1. The van der Waals surface area contributed by atoms with Crippen LogP contribution in [0.25, 0.3) is 17.3 Å². The molecule has 252 valence electrons. The molecule has 0 N–H and O–H groups in total. The Kier molecular flexibility index (Phi) is 9.45. The van der Waals surface area contributed by atoms with Gasteiger partial charge in [-0.1, -0.05) is 64.5 Å². The summed E-state index contributed by atoms with van der Waals surface area (Å²) in [7, 11) is 5.31. The first-order valence-electron chi connectivity index (χ1n) is 17.3. The van der Waals surface area contributed by atoms with Crippen molar-refractivity contribution in [3.8, 4) is 11.3 Å². The van der Waals surface area contributed by atoms with Gasteiger partial charge in [-0.15, -0.1) is 0 Å². The first kappa shape index (κ1) is 33.4. The summed E-state index contributed by atoms with van der Waals surface area (Å²) in [5.74, 6) is -0.119. The van der Waals surface area contributed by atoms with Gasteiger partial charge in [0.2, 0.25) is 5.70 Å². The Labute approximate surface area is 282 Å². The minimum absolute atomic E-state index is 0.212. The third-order valence-corrected chi connectivity index (χ3v) is 9.87. The van der Waals surface area contributed by atoms with E-state index in [1.165, 1.54) is 26.3 Å². The van der Waals surface area contributed by atoms with Crippen LogP contribution < -0.4 is 4.90 Å². The lowest BCUT2D eigenvalue weighted by Gasteiger charge is -2.31. The molecule has 10 heteroatoms. The number of carbonyl (C=O) groups is 2. The van der Waals surface area contributed by atoms with E-state index in [2.05, 4.69) is 13.8 Å². The van der Waals surface area contributed by atoms with Crippen LogP contribution in [0.15, 0.2) is 72.1 Å². The number of carbonyl (C=O) groups excluding carboxylic acids is 2. The standard InChI is InChI=1S/C38H45BF2N4O3/c1-6-8-10-11-13-26(12-9-7-2)25-48-36-24-34(28-16-20-31-32(22-28)38(47)43(5)37(31)46)45-35(36)23-30-19-21-33(44(30)39(45,40)41)27-14-17-29(18-15-27)42(3)4/h14-24,26H,6-13,25H2,1-5H3. The van der Waals surface area contributed by atoms with Crippen LogP contribution in [0.3, 0.4) is 0 Å². The zero-order valence-electron chi connectivity index (χ0n) is 28.6. The fourth-order valence-corrected chi connectivity index (χ4v) is 7.07. The van der Waals surface area contributed by atoms with Crippen molar-refractivity contribution in [3.63, 3.8) is 0 Å². The summed E-state index contributed by atoms with van der Waals surface area (Å²) in [6, 6.07) is 15.8. The van der Waals surface area contributed by atoms with Crippen molar-refractivity contribution < 1.29 is 27.4 Å². The first-order valence-corrected chi connectivity index (χ1v) is 17.3. The Bertz CT molecular complexity index is 1820. The maximum Gasteiger partial charge on any atom is 0.738 e. The van der Waals surface area contributed by atoms with Crippen molar-refractivity contribution in [1.82, 2.24) is 9.38 Å². The second-order valence-corrected chi connectivity index (χ2v) is 13.4. The third kappa shape index (κ3) is 6.01. The molecule has 0 saturated carbocycles. The maximum atomic E-state index is 17.2. The molecule has 0 spiro atoms. The van der Waals surface area contributed by atoms with Gasteiger partial charge in [-0.2, -0.15) is 0 Å². The predicted molar refractivity (Wildman–Crippen MR) is 189 cm³/mol. The normalized spacial score (nSPS) is 16.9. The minimum Gasteiger partial charge on any atom is -0.487 e. The number of rotatable bonds is 14. The second-order valence-electron chi connectivity index (χ2n) is 13.4. The number of ether oxygens (including phenoxy) is 1. The number of hydrogen-bond acceptors (Lipinski definition) is 4. The summed E-state index contributed by atoms with van der Waals surface area (Å²) in [6.07, 6.45) is 12.4. The van der Waals surface area contributed by atoms with Crippen molar-refractivity contribution >= 4 is 36.3 Å². The molecular formula is C38H45BF2N4O3. The molecule has 3 aromatic rings. The van der Waals surface area contributed by atoms with Gasteiger partial charge in [-0.3, -0.25) is 14.5 Å². The molecule has 0 radical (unpaired) electrons. The lowest BCUT2D eigenvalue weighted by atomic mass is 9.89. The number of aromatic nitrogens is 1. The summed E-state index contributed by atoms with van der Waals surface area (Å²) in [6.45, 7) is 0.424. The number of hydrogen-bond donors (Lipinski definition) is 0. The van der Waals surface area contributed by atoms with Gasteiger partial charge < -0.3 is 27.2 Å². The van der Waals surface area contributed by atoms with Gasteiger partial charge in [0, 0.05) is 49.9 Å². The number of nitrogens with zero attached hydrogens (tertiary/aromatic N) is 4. The number of amides is 2. The van der Waals surface area contributed by atoms with Crippen LogP contribution in [-0.2, 0) is 4.74 Å². The van der Waals surface area contributed by atoms with E-state index in [9.17, 15) is 9.59 Å². The lowest BCUT2D eigenvalue weighted by molar-refractivity contribution is -0.365. The van der Waals surface area contributed by atoms with Gasteiger partial charge in [-0.25, -0.2) is 0 Å². The Hall–Kier alpha value is -4.47. The van der Waals surface area contributed by atoms with Gasteiger partial charge >= 0.3 is 6.97 Å². The monoisotopic (exact) mass is 654 g/mol. The molecule has 1 aromatic heterocycles. The molecule has 4 heterocycles. The van der Waals surface area contributed by atoms with Gasteiger partial charge in [0.1, 0.15) is 0 Å². The van der Waals surface area contributed by atoms with Crippen molar-refractivity contribution in [3.05, 3.63) is 94.5 Å². The quantitative estimate of drug-likeness (QED) is 0.0999. The van der Waals surface area contributed by atoms with E-state index in [-0.39, 0.29) is 16.8 Å². The average molecular weight is 655 g/mol. The number of fused-ring (bicyclic) bond motifs is 3. The third-order valence-electron chi connectivity index (χ3n) is 9.87. The zero-order valence-corrected chi connectivity index (χ0v) is 28.6. The fraction of sp³-hybridized carbons (Fsp3) is 0.395. The van der Waals surface area contributed by atoms with Crippen molar-refractivity contribution in [2.24, 2.45) is 5.92 Å². The highest BCUT2D eigenvalue weighted by molar-refractivity contribution is 6.59. The molecule has 0 aliphatic carbocycles. The van der Waals surface area contributed by atoms with Gasteiger partial charge in [-0.05, 0) is 66.8 Å². The highest BCUT2D eigenvalue weighted by atomic mass is 19.2. The van der Waals surface area contributed by atoms with E-state index in [0.29, 0.717) is 46.5 Å². The van der Waals surface area contributed by atoms with E-state index >= 15 is 8.63 Å². The zero-order chi connectivity index (χ0) is 34.2. The van der Waals surface area contributed by atoms with Crippen LogP contribution in [0.2, 0.25) is 0 Å². The van der Waals surface area contributed by atoms with Crippen LogP contribution in [0.4, 0.5) is 14.3 Å². The van der Waals surface area contributed by atoms with Gasteiger partial charge in [0.05, 0.1) is 23.8 Å². The number of benzene rings is 2. The van der Waals surface area contributed by atoms with Crippen LogP contribution in [0.5, 0.6) is 0 Å². The summed E-state index contributed by atoms with van der Waals surface area (Å²) >= 11 is 0. The van der Waals surface area contributed by atoms with E-state index in [1.54, 1.807) is 42.5 Å². The Morgan fingerprint density at radius 3 is 2.23 bits per heavy atom. The molecule has 1 unspecified atom stereocenters. The van der Waals surface area contributed by atoms with E-state index in [0.717, 1.165) is 51.7 Å². The average Bonchev–Trinajstić information content (AvgIpc) is 3.74. The van der Waals surface area contributed by atoms with E-state index < -0.39 is 18.8 Å². The Balaban J connectivity index is 1.42. The fourth-order valence-electron chi connectivity index (χ4n) is 7.07. The predicted octanol–water partition coefficient (Wildman–Crippen LogP) is 8.22. The molecule has 3 aliphatic heterocycles. The molecule has 2 amide bonds. The molecule has 3 aliphatic rings.